The predicted octanol–water partition coefficient (Wildman–Crippen LogP) is 1.22. The Hall–Kier alpha value is -0.120. The van der Waals surface area contributed by atoms with Gasteiger partial charge in [0.15, 0.2) is 0 Å². The Morgan fingerprint density at radius 1 is 1.25 bits per heavy atom. The van der Waals surface area contributed by atoms with Gasteiger partial charge in [0, 0.05) is 31.7 Å². The zero-order chi connectivity index (χ0) is 11.6. The summed E-state index contributed by atoms with van der Waals surface area (Å²) in [7, 11) is 0. The Morgan fingerprint density at radius 2 is 1.94 bits per heavy atom. The summed E-state index contributed by atoms with van der Waals surface area (Å²) in [6.07, 6.45) is 5.37. The van der Waals surface area contributed by atoms with Gasteiger partial charge in [0.05, 0.1) is 6.61 Å². The summed E-state index contributed by atoms with van der Waals surface area (Å²) in [6, 6.07) is 1.55. The number of nitrogens with one attached hydrogen (secondary N) is 1. The fourth-order valence-electron chi connectivity index (χ4n) is 2.27. The van der Waals surface area contributed by atoms with Gasteiger partial charge in [-0.25, -0.2) is 0 Å². The van der Waals surface area contributed by atoms with E-state index in [0.717, 1.165) is 31.7 Å². The Balaban J connectivity index is 1.74. The molecule has 2 aliphatic rings. The quantitative estimate of drug-likeness (QED) is 0.653. The standard InChI is InChI=1S/C13H26N2O/c1-13(2,9-14-11-3-4-11)10-15(7-8-16)12-5-6-12/h11-12,14,16H,3-10H2,1-2H3. The minimum atomic E-state index is 0.294. The largest absolute Gasteiger partial charge is 0.395 e. The summed E-state index contributed by atoms with van der Waals surface area (Å²) >= 11 is 0. The first-order valence-electron chi connectivity index (χ1n) is 6.69. The van der Waals surface area contributed by atoms with Crippen LogP contribution in [0.4, 0.5) is 0 Å². The number of rotatable bonds is 8. The van der Waals surface area contributed by atoms with E-state index < -0.39 is 0 Å². The molecule has 0 aromatic carbocycles. The van der Waals surface area contributed by atoms with Crippen LogP contribution in [-0.4, -0.2) is 48.3 Å². The molecule has 2 fully saturated rings. The molecule has 3 nitrogen and oxygen atoms in total. The second kappa shape index (κ2) is 5.03. The molecule has 94 valence electrons. The van der Waals surface area contributed by atoms with Crippen LogP contribution in [0.2, 0.25) is 0 Å². The van der Waals surface area contributed by atoms with E-state index in [2.05, 4.69) is 24.1 Å². The maximum Gasteiger partial charge on any atom is 0.0558 e. The van der Waals surface area contributed by atoms with Crippen molar-refractivity contribution in [1.82, 2.24) is 10.2 Å². The lowest BCUT2D eigenvalue weighted by molar-refractivity contribution is 0.135. The highest BCUT2D eigenvalue weighted by molar-refractivity contribution is 4.90. The van der Waals surface area contributed by atoms with Gasteiger partial charge < -0.3 is 10.4 Å². The average molecular weight is 226 g/mol. The minimum Gasteiger partial charge on any atom is -0.395 e. The van der Waals surface area contributed by atoms with Crippen molar-refractivity contribution in [3.8, 4) is 0 Å². The maximum atomic E-state index is 9.08. The van der Waals surface area contributed by atoms with E-state index in [1.54, 1.807) is 0 Å². The number of aliphatic hydroxyl groups excluding tert-OH is 1. The second-order valence-electron chi connectivity index (χ2n) is 6.24. The SMILES string of the molecule is CC(C)(CNC1CC1)CN(CCO)C1CC1. The fraction of sp³-hybridized carbons (Fsp3) is 1.00. The van der Waals surface area contributed by atoms with Crippen molar-refractivity contribution in [2.75, 3.05) is 26.2 Å². The van der Waals surface area contributed by atoms with Crippen molar-refractivity contribution in [3.05, 3.63) is 0 Å². The Labute approximate surface area is 99.2 Å². The molecule has 0 saturated heterocycles. The summed E-state index contributed by atoms with van der Waals surface area (Å²) in [4.78, 5) is 2.47. The Morgan fingerprint density at radius 3 is 2.44 bits per heavy atom. The van der Waals surface area contributed by atoms with Gasteiger partial charge in [-0.3, -0.25) is 4.90 Å². The summed E-state index contributed by atoms with van der Waals surface area (Å²) in [5, 5.41) is 12.7. The van der Waals surface area contributed by atoms with Crippen LogP contribution in [-0.2, 0) is 0 Å². The third-order valence-corrected chi connectivity index (χ3v) is 3.53. The highest BCUT2D eigenvalue weighted by atomic mass is 16.3. The number of hydrogen-bond acceptors (Lipinski definition) is 3. The van der Waals surface area contributed by atoms with Crippen molar-refractivity contribution in [2.45, 2.75) is 51.6 Å². The van der Waals surface area contributed by atoms with Gasteiger partial charge in [0.2, 0.25) is 0 Å². The smallest absolute Gasteiger partial charge is 0.0558 e. The van der Waals surface area contributed by atoms with Gasteiger partial charge in [-0.05, 0) is 31.1 Å². The van der Waals surface area contributed by atoms with Crippen LogP contribution < -0.4 is 5.32 Å². The first kappa shape index (κ1) is 12.3. The second-order valence-corrected chi connectivity index (χ2v) is 6.24. The molecule has 0 aliphatic heterocycles. The van der Waals surface area contributed by atoms with Gasteiger partial charge in [-0.1, -0.05) is 13.8 Å². The molecule has 0 aromatic heterocycles. The third-order valence-electron chi connectivity index (χ3n) is 3.53. The van der Waals surface area contributed by atoms with Crippen molar-refractivity contribution < 1.29 is 5.11 Å². The summed E-state index contributed by atoms with van der Waals surface area (Å²) in [5.74, 6) is 0. The van der Waals surface area contributed by atoms with Crippen molar-refractivity contribution in [2.24, 2.45) is 5.41 Å². The van der Waals surface area contributed by atoms with Crippen LogP contribution in [0.5, 0.6) is 0 Å². The highest BCUT2D eigenvalue weighted by Crippen LogP contribution is 2.30. The molecule has 2 aliphatic carbocycles. The predicted molar refractivity (Wildman–Crippen MR) is 66.5 cm³/mol. The van der Waals surface area contributed by atoms with E-state index >= 15 is 0 Å². The summed E-state index contributed by atoms with van der Waals surface area (Å²) in [5.41, 5.74) is 0.320. The molecule has 0 atom stereocenters. The molecule has 2 rings (SSSR count). The van der Waals surface area contributed by atoms with Gasteiger partial charge in [0.1, 0.15) is 0 Å². The highest BCUT2D eigenvalue weighted by Gasteiger charge is 2.33. The topological polar surface area (TPSA) is 35.5 Å². The number of nitrogens with zero attached hydrogens (tertiary/aromatic N) is 1. The molecule has 2 N–H and O–H groups in total. The van der Waals surface area contributed by atoms with E-state index in [1.165, 1.54) is 25.7 Å². The van der Waals surface area contributed by atoms with Crippen LogP contribution in [0, 0.1) is 5.41 Å². The van der Waals surface area contributed by atoms with Crippen LogP contribution in [0.15, 0.2) is 0 Å². The summed E-state index contributed by atoms with van der Waals surface area (Å²) < 4.78 is 0. The van der Waals surface area contributed by atoms with E-state index in [-0.39, 0.29) is 0 Å². The average Bonchev–Trinajstić information content (AvgIpc) is 3.06. The number of hydrogen-bond donors (Lipinski definition) is 2. The van der Waals surface area contributed by atoms with Crippen LogP contribution in [0.25, 0.3) is 0 Å². The molecule has 2 saturated carbocycles. The minimum absolute atomic E-state index is 0.294. The molecular weight excluding hydrogens is 200 g/mol. The first-order valence-corrected chi connectivity index (χ1v) is 6.69. The Kier molecular flexibility index (Phi) is 3.88. The molecule has 0 heterocycles. The van der Waals surface area contributed by atoms with Crippen LogP contribution in [0.1, 0.15) is 39.5 Å². The molecule has 0 amide bonds. The lowest BCUT2D eigenvalue weighted by Gasteiger charge is -2.32. The monoisotopic (exact) mass is 226 g/mol. The van der Waals surface area contributed by atoms with Gasteiger partial charge >= 0.3 is 0 Å². The van der Waals surface area contributed by atoms with E-state index in [0.29, 0.717) is 12.0 Å². The normalized spacial score (nSPS) is 21.8. The third kappa shape index (κ3) is 4.04. The van der Waals surface area contributed by atoms with E-state index in [9.17, 15) is 0 Å². The zero-order valence-electron chi connectivity index (χ0n) is 10.7. The van der Waals surface area contributed by atoms with Crippen molar-refractivity contribution in [3.63, 3.8) is 0 Å². The molecule has 0 aromatic rings. The number of aliphatic hydroxyl groups is 1. The van der Waals surface area contributed by atoms with Gasteiger partial charge in [-0.2, -0.15) is 0 Å². The lowest BCUT2D eigenvalue weighted by Crippen LogP contribution is -2.43. The molecule has 0 unspecified atom stereocenters. The lowest BCUT2D eigenvalue weighted by atomic mass is 9.92. The van der Waals surface area contributed by atoms with Crippen LogP contribution >= 0.6 is 0 Å². The van der Waals surface area contributed by atoms with E-state index in [4.69, 9.17) is 5.11 Å². The van der Waals surface area contributed by atoms with Gasteiger partial charge in [0.25, 0.3) is 0 Å². The molecule has 0 radical (unpaired) electrons. The molecule has 0 spiro atoms. The van der Waals surface area contributed by atoms with Crippen molar-refractivity contribution in [1.29, 1.82) is 0 Å². The fourth-order valence-corrected chi connectivity index (χ4v) is 2.27. The molecular formula is C13H26N2O. The molecule has 3 heteroatoms. The van der Waals surface area contributed by atoms with Crippen LogP contribution in [0.3, 0.4) is 0 Å². The van der Waals surface area contributed by atoms with Crippen molar-refractivity contribution >= 4 is 0 Å². The summed E-state index contributed by atoms with van der Waals surface area (Å²) in [6.45, 7) is 8.01. The first-order chi connectivity index (χ1) is 7.61. The van der Waals surface area contributed by atoms with Gasteiger partial charge in [-0.15, -0.1) is 0 Å². The van der Waals surface area contributed by atoms with E-state index in [1.807, 2.05) is 0 Å². The molecule has 0 bridgehead atoms. The molecule has 16 heavy (non-hydrogen) atoms. The zero-order valence-corrected chi connectivity index (χ0v) is 10.7. The maximum absolute atomic E-state index is 9.08. The Bertz CT molecular complexity index is 222.